The lowest BCUT2D eigenvalue weighted by Gasteiger charge is -2.26. The summed E-state index contributed by atoms with van der Waals surface area (Å²) in [5.74, 6) is -1.06. The summed E-state index contributed by atoms with van der Waals surface area (Å²) in [6.07, 6.45) is 5.81. The Hall–Kier alpha value is -1.84. The van der Waals surface area contributed by atoms with Crippen molar-refractivity contribution in [2.24, 2.45) is 5.92 Å². The van der Waals surface area contributed by atoms with E-state index in [1.54, 1.807) is 0 Å². The van der Waals surface area contributed by atoms with Gasteiger partial charge in [0.2, 0.25) is 0 Å². The monoisotopic (exact) mass is 290 g/mol. The predicted octanol–water partition coefficient (Wildman–Crippen LogP) is 3.09. The molecule has 114 valence electrons. The van der Waals surface area contributed by atoms with E-state index in [2.05, 4.69) is 12.7 Å². The number of hydrogen-bond donors (Lipinski definition) is 0. The van der Waals surface area contributed by atoms with Gasteiger partial charge < -0.3 is 9.47 Å². The van der Waals surface area contributed by atoms with Crippen LogP contribution in [0.2, 0.25) is 0 Å². The van der Waals surface area contributed by atoms with Gasteiger partial charge in [-0.2, -0.15) is 0 Å². The molecule has 0 amide bonds. The molecule has 4 nitrogen and oxygen atoms in total. The molecule has 1 aliphatic heterocycles. The predicted molar refractivity (Wildman–Crippen MR) is 79.4 cm³/mol. The van der Waals surface area contributed by atoms with Crippen molar-refractivity contribution in [1.82, 2.24) is 0 Å². The summed E-state index contributed by atoms with van der Waals surface area (Å²) in [4.78, 5) is 23.2. The number of esters is 2. The lowest BCUT2D eigenvalue weighted by atomic mass is 9.85. The van der Waals surface area contributed by atoms with E-state index in [4.69, 9.17) is 9.47 Å². The van der Waals surface area contributed by atoms with Crippen molar-refractivity contribution in [2.75, 3.05) is 0 Å². The molecule has 0 spiro atoms. The molecule has 0 radical (unpaired) electrons. The zero-order valence-corrected chi connectivity index (χ0v) is 12.8. The summed E-state index contributed by atoms with van der Waals surface area (Å²) in [5, 5.41) is 0. The van der Waals surface area contributed by atoms with Gasteiger partial charge in [0.05, 0.1) is 5.92 Å². The number of ether oxygens (including phenoxy) is 2. The molecular weight excluding hydrogens is 268 g/mol. The number of carbonyl (C=O) groups is 2. The number of allylic oxidation sites excluding steroid dienone is 2. The summed E-state index contributed by atoms with van der Waals surface area (Å²) in [6.45, 7) is 9.26. The second-order valence-corrected chi connectivity index (χ2v) is 5.88. The molecule has 1 aliphatic carbocycles. The first-order valence-electron chi connectivity index (χ1n) is 7.28. The van der Waals surface area contributed by atoms with Gasteiger partial charge in [0.15, 0.2) is 0 Å². The molecule has 0 N–H and O–H groups in total. The number of rotatable bonds is 1. The highest BCUT2D eigenvalue weighted by atomic mass is 16.6. The Morgan fingerprint density at radius 2 is 2.10 bits per heavy atom. The topological polar surface area (TPSA) is 52.6 Å². The van der Waals surface area contributed by atoms with E-state index in [0.29, 0.717) is 12.0 Å². The van der Waals surface area contributed by atoms with Gasteiger partial charge in [-0.1, -0.05) is 23.8 Å². The van der Waals surface area contributed by atoms with Crippen molar-refractivity contribution in [3.63, 3.8) is 0 Å². The highest BCUT2D eigenvalue weighted by molar-refractivity contribution is 5.91. The molecule has 2 unspecified atom stereocenters. The first-order valence-corrected chi connectivity index (χ1v) is 7.28. The standard InChI is InChI=1S/C17H22O4/c1-10-6-5-7-11(2)9-15-16(12(3)17(19)21-15)14(8-10)20-13(4)18/h7-8,14-16H,3,5-6,9H2,1-2,4H3/b10-8+,11-7+/t14?,15?,16-/m0/s1. The Kier molecular flexibility index (Phi) is 4.66. The smallest absolute Gasteiger partial charge is 0.334 e. The van der Waals surface area contributed by atoms with Gasteiger partial charge in [0.25, 0.3) is 0 Å². The van der Waals surface area contributed by atoms with E-state index >= 15 is 0 Å². The van der Waals surface area contributed by atoms with Crippen LogP contribution in [0.5, 0.6) is 0 Å². The molecule has 0 bridgehead atoms. The quantitative estimate of drug-likeness (QED) is 0.423. The van der Waals surface area contributed by atoms with Crippen molar-refractivity contribution in [2.45, 2.75) is 52.2 Å². The summed E-state index contributed by atoms with van der Waals surface area (Å²) < 4.78 is 10.9. The summed E-state index contributed by atoms with van der Waals surface area (Å²) in [5.41, 5.74) is 2.71. The molecular formula is C17H22O4. The fraction of sp³-hybridized carbons (Fsp3) is 0.529. The van der Waals surface area contributed by atoms with Gasteiger partial charge in [0.1, 0.15) is 12.2 Å². The molecule has 0 aromatic heterocycles. The zero-order chi connectivity index (χ0) is 15.6. The molecule has 3 atom stereocenters. The van der Waals surface area contributed by atoms with Crippen molar-refractivity contribution < 1.29 is 19.1 Å². The van der Waals surface area contributed by atoms with Crippen LogP contribution in [0.15, 0.2) is 35.5 Å². The van der Waals surface area contributed by atoms with Gasteiger partial charge in [-0.25, -0.2) is 4.79 Å². The molecule has 1 fully saturated rings. The van der Waals surface area contributed by atoms with Crippen LogP contribution in [0, 0.1) is 5.92 Å². The van der Waals surface area contributed by atoms with Crippen LogP contribution in [0.25, 0.3) is 0 Å². The minimum atomic E-state index is -0.489. The second kappa shape index (κ2) is 6.29. The first kappa shape index (κ1) is 15.5. The molecule has 4 heteroatoms. The van der Waals surface area contributed by atoms with E-state index < -0.39 is 6.10 Å². The van der Waals surface area contributed by atoms with Gasteiger partial charge in [-0.15, -0.1) is 0 Å². The fourth-order valence-corrected chi connectivity index (χ4v) is 2.94. The second-order valence-electron chi connectivity index (χ2n) is 5.88. The maximum atomic E-state index is 11.9. The normalized spacial score (nSPS) is 34.9. The van der Waals surface area contributed by atoms with Gasteiger partial charge >= 0.3 is 11.9 Å². The number of hydrogen-bond acceptors (Lipinski definition) is 4. The van der Waals surface area contributed by atoms with E-state index in [0.717, 1.165) is 18.4 Å². The highest BCUT2D eigenvalue weighted by Crippen LogP contribution is 2.36. The maximum absolute atomic E-state index is 11.9. The highest BCUT2D eigenvalue weighted by Gasteiger charge is 2.44. The molecule has 1 heterocycles. The van der Waals surface area contributed by atoms with Crippen LogP contribution in [0.4, 0.5) is 0 Å². The van der Waals surface area contributed by atoms with Gasteiger partial charge in [0, 0.05) is 18.9 Å². The minimum Gasteiger partial charge on any atom is -0.458 e. The Morgan fingerprint density at radius 1 is 1.38 bits per heavy atom. The third-order valence-electron chi connectivity index (χ3n) is 3.98. The van der Waals surface area contributed by atoms with E-state index in [1.807, 2.05) is 19.9 Å². The van der Waals surface area contributed by atoms with Crippen LogP contribution >= 0.6 is 0 Å². The van der Waals surface area contributed by atoms with Gasteiger partial charge in [-0.05, 0) is 32.8 Å². The van der Waals surface area contributed by atoms with E-state index in [9.17, 15) is 9.59 Å². The average molecular weight is 290 g/mol. The van der Waals surface area contributed by atoms with Crippen molar-refractivity contribution in [3.8, 4) is 0 Å². The van der Waals surface area contributed by atoms with E-state index in [-0.39, 0.29) is 24.0 Å². The molecule has 2 aliphatic rings. The Balaban J connectivity index is 2.39. The third-order valence-corrected chi connectivity index (χ3v) is 3.98. The van der Waals surface area contributed by atoms with E-state index in [1.165, 1.54) is 12.5 Å². The van der Waals surface area contributed by atoms with Crippen molar-refractivity contribution in [1.29, 1.82) is 0 Å². The molecule has 0 saturated carbocycles. The molecule has 21 heavy (non-hydrogen) atoms. The summed E-state index contributed by atoms with van der Waals surface area (Å²) in [6, 6.07) is 0. The van der Waals surface area contributed by atoms with Crippen LogP contribution in [-0.4, -0.2) is 24.1 Å². The molecule has 2 rings (SSSR count). The third kappa shape index (κ3) is 3.63. The average Bonchev–Trinajstić information content (AvgIpc) is 2.62. The SMILES string of the molecule is C=C1C(=O)OC2C/C(C)=C/CC/C(C)=C/C(OC(C)=O)[C@H]12. The largest absolute Gasteiger partial charge is 0.458 e. The van der Waals surface area contributed by atoms with Crippen LogP contribution in [0.1, 0.15) is 40.0 Å². The Labute approximate surface area is 125 Å². The molecule has 1 saturated heterocycles. The van der Waals surface area contributed by atoms with Gasteiger partial charge in [-0.3, -0.25) is 4.79 Å². The molecule has 0 aromatic rings. The number of carbonyl (C=O) groups excluding carboxylic acids is 2. The lowest BCUT2D eigenvalue weighted by molar-refractivity contribution is -0.147. The fourth-order valence-electron chi connectivity index (χ4n) is 2.94. The van der Waals surface area contributed by atoms with Crippen LogP contribution in [-0.2, 0) is 19.1 Å². The minimum absolute atomic E-state index is 0.308. The number of fused-ring (bicyclic) bond motifs is 1. The Bertz CT molecular complexity index is 527. The first-order chi connectivity index (χ1) is 9.88. The molecule has 0 aromatic carbocycles. The maximum Gasteiger partial charge on any atom is 0.334 e. The lowest BCUT2D eigenvalue weighted by Crippen LogP contribution is -2.32. The van der Waals surface area contributed by atoms with Crippen LogP contribution < -0.4 is 0 Å². The zero-order valence-electron chi connectivity index (χ0n) is 12.8. The summed E-state index contributed by atoms with van der Waals surface area (Å²) >= 11 is 0. The van der Waals surface area contributed by atoms with Crippen molar-refractivity contribution in [3.05, 3.63) is 35.5 Å². The van der Waals surface area contributed by atoms with Crippen molar-refractivity contribution >= 4 is 11.9 Å². The van der Waals surface area contributed by atoms with Crippen LogP contribution in [0.3, 0.4) is 0 Å². The summed E-state index contributed by atoms with van der Waals surface area (Å²) in [7, 11) is 0. The Morgan fingerprint density at radius 3 is 2.76 bits per heavy atom.